The molecule has 0 radical (unpaired) electrons. The normalized spacial score (nSPS) is 15.1. The number of thiophene rings is 1. The van der Waals surface area contributed by atoms with E-state index in [9.17, 15) is 13.2 Å². The van der Waals surface area contributed by atoms with Crippen molar-refractivity contribution in [3.63, 3.8) is 0 Å². The number of hydrogen-bond donors (Lipinski definition) is 0. The zero-order chi connectivity index (χ0) is 21.7. The first-order chi connectivity index (χ1) is 15.0. The number of sulfonamides is 1. The van der Waals surface area contributed by atoms with Gasteiger partial charge in [-0.1, -0.05) is 36.8 Å². The first-order valence-electron chi connectivity index (χ1n) is 10.5. The summed E-state index contributed by atoms with van der Waals surface area (Å²) in [6.07, 6.45) is 4.63. The maximum absolute atomic E-state index is 13.1. The molecule has 8 heteroatoms. The molecule has 0 atom stereocenters. The van der Waals surface area contributed by atoms with Crippen molar-refractivity contribution in [2.24, 2.45) is 0 Å². The summed E-state index contributed by atoms with van der Waals surface area (Å²) in [5, 5.41) is 0. The highest BCUT2D eigenvalue weighted by Crippen LogP contribution is 2.28. The van der Waals surface area contributed by atoms with Gasteiger partial charge in [-0.3, -0.25) is 4.79 Å². The molecular weight excluding hydrogens is 432 g/mol. The molecular formula is C23H26N2O4S2. The Labute approximate surface area is 187 Å². The van der Waals surface area contributed by atoms with Crippen LogP contribution in [0.25, 0.3) is 0 Å². The Hall–Kier alpha value is -2.42. The van der Waals surface area contributed by atoms with Crippen molar-refractivity contribution in [3.05, 3.63) is 77.1 Å². The quantitative estimate of drug-likeness (QED) is 0.505. The van der Waals surface area contributed by atoms with Crippen LogP contribution in [0.15, 0.2) is 69.5 Å². The van der Waals surface area contributed by atoms with E-state index in [1.54, 1.807) is 33.7 Å². The molecule has 1 aliphatic rings. The van der Waals surface area contributed by atoms with Crippen molar-refractivity contribution >= 4 is 27.3 Å². The fraction of sp³-hybridized carbons (Fsp3) is 0.348. The van der Waals surface area contributed by atoms with Crippen molar-refractivity contribution in [2.45, 2.75) is 43.0 Å². The summed E-state index contributed by atoms with van der Waals surface area (Å²) in [5.74, 6) is 0.646. The molecule has 164 valence electrons. The molecule has 0 bridgehead atoms. The van der Waals surface area contributed by atoms with Crippen LogP contribution in [0, 0.1) is 0 Å². The summed E-state index contributed by atoms with van der Waals surface area (Å²) < 4.78 is 33.1. The van der Waals surface area contributed by atoms with Crippen LogP contribution < -0.4 is 0 Å². The number of rotatable bonds is 8. The first kappa shape index (κ1) is 21.8. The van der Waals surface area contributed by atoms with Crippen LogP contribution in [-0.4, -0.2) is 36.6 Å². The summed E-state index contributed by atoms with van der Waals surface area (Å²) in [7, 11) is -3.47. The lowest BCUT2D eigenvalue weighted by Crippen LogP contribution is -2.35. The van der Waals surface area contributed by atoms with Gasteiger partial charge in [0.15, 0.2) is 0 Å². The molecule has 0 saturated carbocycles. The molecule has 1 amide bonds. The van der Waals surface area contributed by atoms with Crippen LogP contribution in [0.1, 0.15) is 35.5 Å². The standard InChI is InChI=1S/C23H26N2O4S2/c26-22(24(18-20-10-7-15-29-20)17-19-8-3-1-4-9-19)16-21-11-12-23(30-21)31(27,28)25-13-5-2-6-14-25/h1,3-4,7-12,15H,2,5-6,13-14,16-18H2. The molecule has 3 aromatic rings. The van der Waals surface area contributed by atoms with E-state index in [2.05, 4.69) is 0 Å². The van der Waals surface area contributed by atoms with Gasteiger partial charge in [0.25, 0.3) is 10.0 Å². The molecule has 0 aliphatic carbocycles. The Bertz CT molecular complexity index is 1090. The van der Waals surface area contributed by atoms with E-state index in [0.29, 0.717) is 36.1 Å². The second-order valence-electron chi connectivity index (χ2n) is 7.68. The van der Waals surface area contributed by atoms with Crippen LogP contribution in [0.2, 0.25) is 0 Å². The fourth-order valence-electron chi connectivity index (χ4n) is 3.71. The van der Waals surface area contributed by atoms with Gasteiger partial charge < -0.3 is 9.32 Å². The number of furan rings is 1. The molecule has 31 heavy (non-hydrogen) atoms. The van der Waals surface area contributed by atoms with Gasteiger partial charge in [0.2, 0.25) is 5.91 Å². The van der Waals surface area contributed by atoms with E-state index in [0.717, 1.165) is 29.7 Å². The van der Waals surface area contributed by atoms with Crippen LogP contribution in [-0.2, 0) is 34.3 Å². The van der Waals surface area contributed by atoms with Gasteiger partial charge in [-0.05, 0) is 42.7 Å². The first-order valence-corrected chi connectivity index (χ1v) is 12.7. The third kappa shape index (κ3) is 5.44. The third-order valence-corrected chi connectivity index (χ3v) is 8.82. The largest absolute Gasteiger partial charge is 0.467 e. The number of piperidine rings is 1. The highest BCUT2D eigenvalue weighted by atomic mass is 32.2. The second kappa shape index (κ2) is 9.80. The molecule has 0 unspecified atom stereocenters. The van der Waals surface area contributed by atoms with Crippen LogP contribution in [0.3, 0.4) is 0 Å². The number of carbonyl (C=O) groups is 1. The molecule has 4 rings (SSSR count). The zero-order valence-electron chi connectivity index (χ0n) is 17.3. The van der Waals surface area contributed by atoms with Crippen molar-refractivity contribution in [2.75, 3.05) is 13.1 Å². The fourth-order valence-corrected chi connectivity index (χ4v) is 6.73. The van der Waals surface area contributed by atoms with Crippen molar-refractivity contribution in [3.8, 4) is 0 Å². The molecule has 0 spiro atoms. The minimum absolute atomic E-state index is 0.0657. The Morgan fingerprint density at radius 2 is 1.74 bits per heavy atom. The molecule has 1 aliphatic heterocycles. The summed E-state index contributed by atoms with van der Waals surface area (Å²) in [5.41, 5.74) is 1.03. The average Bonchev–Trinajstić information content (AvgIpc) is 3.47. The monoisotopic (exact) mass is 458 g/mol. The molecule has 1 saturated heterocycles. The van der Waals surface area contributed by atoms with E-state index < -0.39 is 10.0 Å². The lowest BCUT2D eigenvalue weighted by atomic mass is 10.2. The minimum atomic E-state index is -3.47. The van der Waals surface area contributed by atoms with Crippen molar-refractivity contribution in [1.29, 1.82) is 0 Å². The lowest BCUT2D eigenvalue weighted by molar-refractivity contribution is -0.131. The molecule has 1 fully saturated rings. The van der Waals surface area contributed by atoms with E-state index in [1.165, 1.54) is 11.3 Å². The molecule has 3 heterocycles. The van der Waals surface area contributed by atoms with E-state index >= 15 is 0 Å². The highest BCUT2D eigenvalue weighted by molar-refractivity contribution is 7.91. The highest BCUT2D eigenvalue weighted by Gasteiger charge is 2.28. The number of carbonyl (C=O) groups excluding carboxylic acids is 1. The maximum atomic E-state index is 13.1. The average molecular weight is 459 g/mol. The zero-order valence-corrected chi connectivity index (χ0v) is 18.9. The van der Waals surface area contributed by atoms with Gasteiger partial charge in [-0.2, -0.15) is 4.31 Å². The molecule has 0 N–H and O–H groups in total. The predicted molar refractivity (Wildman–Crippen MR) is 120 cm³/mol. The SMILES string of the molecule is O=C(Cc1ccc(S(=O)(=O)N2CCCCC2)s1)N(Cc1ccccc1)Cc1ccco1. The Balaban J connectivity index is 1.48. The molecule has 2 aromatic heterocycles. The van der Waals surface area contributed by atoms with Gasteiger partial charge in [0, 0.05) is 24.5 Å². The Morgan fingerprint density at radius 3 is 2.45 bits per heavy atom. The number of amides is 1. The molecule has 6 nitrogen and oxygen atoms in total. The topological polar surface area (TPSA) is 70.8 Å². The smallest absolute Gasteiger partial charge is 0.252 e. The van der Waals surface area contributed by atoms with E-state index in [4.69, 9.17) is 4.42 Å². The van der Waals surface area contributed by atoms with Gasteiger partial charge in [-0.25, -0.2) is 8.42 Å². The summed E-state index contributed by atoms with van der Waals surface area (Å²) in [6, 6.07) is 16.8. The predicted octanol–water partition coefficient (Wildman–Crippen LogP) is 4.29. The molecule has 1 aromatic carbocycles. The van der Waals surface area contributed by atoms with Crippen LogP contribution in [0.4, 0.5) is 0 Å². The summed E-state index contributed by atoms with van der Waals surface area (Å²) in [4.78, 5) is 15.6. The minimum Gasteiger partial charge on any atom is -0.467 e. The number of benzene rings is 1. The second-order valence-corrected chi connectivity index (χ2v) is 11.0. The summed E-state index contributed by atoms with van der Waals surface area (Å²) >= 11 is 1.19. The number of hydrogen-bond acceptors (Lipinski definition) is 5. The van der Waals surface area contributed by atoms with Gasteiger partial charge in [0.1, 0.15) is 9.97 Å². The van der Waals surface area contributed by atoms with E-state index in [-0.39, 0.29) is 12.3 Å². The van der Waals surface area contributed by atoms with Crippen LogP contribution in [0.5, 0.6) is 0 Å². The van der Waals surface area contributed by atoms with Gasteiger partial charge in [0.05, 0.1) is 19.2 Å². The van der Waals surface area contributed by atoms with Gasteiger partial charge in [-0.15, -0.1) is 11.3 Å². The number of nitrogens with zero attached hydrogens (tertiary/aromatic N) is 2. The lowest BCUT2D eigenvalue weighted by Gasteiger charge is -2.25. The van der Waals surface area contributed by atoms with Gasteiger partial charge >= 0.3 is 0 Å². The Kier molecular flexibility index (Phi) is 6.89. The maximum Gasteiger partial charge on any atom is 0.252 e. The summed E-state index contributed by atoms with van der Waals surface area (Å²) in [6.45, 7) is 1.97. The van der Waals surface area contributed by atoms with E-state index in [1.807, 2.05) is 36.4 Å². The Morgan fingerprint density at radius 1 is 0.968 bits per heavy atom. The van der Waals surface area contributed by atoms with Crippen LogP contribution >= 0.6 is 11.3 Å². The van der Waals surface area contributed by atoms with Crippen molar-refractivity contribution < 1.29 is 17.6 Å². The van der Waals surface area contributed by atoms with Crippen molar-refractivity contribution in [1.82, 2.24) is 9.21 Å². The third-order valence-electron chi connectivity index (χ3n) is 5.37.